The zero-order chi connectivity index (χ0) is 20.2. The van der Waals surface area contributed by atoms with E-state index in [0.29, 0.717) is 12.2 Å². The summed E-state index contributed by atoms with van der Waals surface area (Å²) in [5, 5.41) is 1.15. The van der Waals surface area contributed by atoms with Gasteiger partial charge in [-0.3, -0.25) is 9.36 Å². The van der Waals surface area contributed by atoms with Crippen LogP contribution in [0.2, 0.25) is 0 Å². The Kier molecular flexibility index (Phi) is 5.48. The van der Waals surface area contributed by atoms with Gasteiger partial charge in [-0.25, -0.2) is 0 Å². The van der Waals surface area contributed by atoms with Gasteiger partial charge in [-0.05, 0) is 60.9 Å². The minimum atomic E-state index is -0.0124. The second kappa shape index (κ2) is 8.36. The molecule has 3 nitrogen and oxygen atoms in total. The fourth-order valence-electron chi connectivity index (χ4n) is 3.76. The van der Waals surface area contributed by atoms with Gasteiger partial charge in [0.15, 0.2) is 0 Å². The fraction of sp³-hybridized carbons (Fsp3) is 0.192. The number of hydrogen-bond acceptors (Lipinski definition) is 2. The summed E-state index contributed by atoms with van der Waals surface area (Å²) in [7, 11) is 0. The smallest absolute Gasteiger partial charge is 0.262 e. The number of fused-ring (bicyclic) bond motifs is 1. The average molecular weight is 383 g/mol. The predicted octanol–water partition coefficient (Wildman–Crippen LogP) is 5.82. The van der Waals surface area contributed by atoms with Crippen molar-refractivity contribution in [3.05, 3.63) is 101 Å². The lowest BCUT2D eigenvalue weighted by molar-refractivity contribution is 0.0963. The van der Waals surface area contributed by atoms with Crippen molar-refractivity contribution < 1.29 is 9.53 Å². The molecule has 4 rings (SSSR count). The highest BCUT2D eigenvalue weighted by molar-refractivity contribution is 6.03. The summed E-state index contributed by atoms with van der Waals surface area (Å²) in [5.74, 6) is 0.765. The summed E-state index contributed by atoms with van der Waals surface area (Å²) in [4.78, 5) is 13.2. The van der Waals surface area contributed by atoms with Gasteiger partial charge in [0.05, 0.1) is 12.1 Å². The minimum absolute atomic E-state index is 0.0124. The van der Waals surface area contributed by atoms with Crippen LogP contribution in [-0.2, 0) is 12.8 Å². The van der Waals surface area contributed by atoms with Crippen molar-refractivity contribution in [2.24, 2.45) is 0 Å². The van der Waals surface area contributed by atoms with E-state index in [1.807, 2.05) is 61.5 Å². The molecule has 4 aromatic rings. The Balaban J connectivity index is 1.50. The van der Waals surface area contributed by atoms with Gasteiger partial charge in [-0.1, -0.05) is 49.4 Å². The highest BCUT2D eigenvalue weighted by atomic mass is 16.5. The molecule has 0 aliphatic rings. The Labute approximate surface area is 171 Å². The van der Waals surface area contributed by atoms with E-state index in [2.05, 4.69) is 31.2 Å². The van der Waals surface area contributed by atoms with Gasteiger partial charge in [-0.15, -0.1) is 0 Å². The van der Waals surface area contributed by atoms with Crippen LogP contribution in [-0.4, -0.2) is 17.1 Å². The Morgan fingerprint density at radius 1 is 0.931 bits per heavy atom. The Bertz CT molecular complexity index is 1120. The molecule has 3 aromatic carbocycles. The highest BCUT2D eigenvalue weighted by Gasteiger charge is 2.16. The normalized spacial score (nSPS) is 11.0. The zero-order valence-corrected chi connectivity index (χ0v) is 16.9. The largest absolute Gasteiger partial charge is 0.493 e. The Morgan fingerprint density at radius 3 is 2.41 bits per heavy atom. The molecule has 1 aromatic heterocycles. The third kappa shape index (κ3) is 3.95. The first kappa shape index (κ1) is 19.0. The zero-order valence-electron chi connectivity index (χ0n) is 16.9. The number of rotatable bonds is 6. The van der Waals surface area contributed by atoms with Crippen molar-refractivity contribution in [3.8, 4) is 5.75 Å². The minimum Gasteiger partial charge on any atom is -0.493 e. The van der Waals surface area contributed by atoms with Gasteiger partial charge >= 0.3 is 0 Å². The molecule has 0 aliphatic carbocycles. The number of carbonyl (C=O) groups excluding carboxylic acids is 1. The Morgan fingerprint density at radius 2 is 1.69 bits per heavy atom. The molecular weight excluding hydrogens is 358 g/mol. The quantitative estimate of drug-likeness (QED) is 0.420. The predicted molar refractivity (Wildman–Crippen MR) is 118 cm³/mol. The number of nitrogens with zero attached hydrogens (tertiary/aromatic N) is 1. The van der Waals surface area contributed by atoms with E-state index in [9.17, 15) is 4.79 Å². The van der Waals surface area contributed by atoms with E-state index in [0.717, 1.165) is 35.2 Å². The van der Waals surface area contributed by atoms with Crippen LogP contribution in [0.1, 0.15) is 34.1 Å². The van der Waals surface area contributed by atoms with Crippen molar-refractivity contribution in [1.29, 1.82) is 0 Å². The molecule has 146 valence electrons. The molecule has 0 radical (unpaired) electrons. The monoisotopic (exact) mass is 383 g/mol. The summed E-state index contributed by atoms with van der Waals surface area (Å²) in [6, 6.07) is 26.0. The third-order valence-corrected chi connectivity index (χ3v) is 5.31. The number of ether oxygens (including phenoxy) is 1. The average Bonchev–Trinajstić information content (AvgIpc) is 3.10. The number of benzene rings is 3. The molecular formula is C26H25NO2. The first-order chi connectivity index (χ1) is 14.2. The number of aromatic nitrogens is 1. The van der Waals surface area contributed by atoms with E-state index >= 15 is 0 Å². The van der Waals surface area contributed by atoms with Crippen LogP contribution in [0.3, 0.4) is 0 Å². The van der Waals surface area contributed by atoms with Gasteiger partial charge in [0.2, 0.25) is 0 Å². The summed E-state index contributed by atoms with van der Waals surface area (Å²) in [6.07, 6.45) is 1.81. The molecule has 0 aliphatic heterocycles. The van der Waals surface area contributed by atoms with Crippen molar-refractivity contribution >= 4 is 16.8 Å². The second-order valence-corrected chi connectivity index (χ2v) is 7.24. The second-order valence-electron chi connectivity index (χ2n) is 7.24. The molecule has 0 fully saturated rings. The molecule has 0 spiro atoms. The van der Waals surface area contributed by atoms with Crippen LogP contribution in [0.15, 0.2) is 78.9 Å². The lowest BCUT2D eigenvalue weighted by atomic mass is 10.1. The molecule has 0 unspecified atom stereocenters. The molecule has 0 atom stereocenters. The van der Waals surface area contributed by atoms with Crippen LogP contribution in [0.4, 0.5) is 0 Å². The topological polar surface area (TPSA) is 31.2 Å². The van der Waals surface area contributed by atoms with Gasteiger partial charge in [0.1, 0.15) is 5.75 Å². The molecule has 0 N–H and O–H groups in total. The maximum atomic E-state index is 13.2. The van der Waals surface area contributed by atoms with Gasteiger partial charge in [-0.2, -0.15) is 0 Å². The van der Waals surface area contributed by atoms with Crippen molar-refractivity contribution in [1.82, 2.24) is 4.57 Å². The van der Waals surface area contributed by atoms with Gasteiger partial charge in [0.25, 0.3) is 5.91 Å². The molecule has 0 saturated heterocycles. The first-order valence-electron chi connectivity index (χ1n) is 10.1. The molecule has 3 heteroatoms. The van der Waals surface area contributed by atoms with Crippen LogP contribution in [0.25, 0.3) is 10.9 Å². The highest BCUT2D eigenvalue weighted by Crippen LogP contribution is 2.25. The summed E-state index contributed by atoms with van der Waals surface area (Å²) < 4.78 is 7.65. The van der Waals surface area contributed by atoms with E-state index < -0.39 is 0 Å². The van der Waals surface area contributed by atoms with E-state index in [1.54, 1.807) is 4.57 Å². The lowest BCUT2D eigenvalue weighted by Crippen LogP contribution is -2.13. The molecule has 1 heterocycles. The lowest BCUT2D eigenvalue weighted by Gasteiger charge is -2.10. The number of carbonyl (C=O) groups is 1. The number of hydrogen-bond donors (Lipinski definition) is 0. The molecule has 0 bridgehead atoms. The van der Waals surface area contributed by atoms with Crippen LogP contribution >= 0.6 is 0 Å². The van der Waals surface area contributed by atoms with Crippen molar-refractivity contribution in [2.75, 3.05) is 6.61 Å². The van der Waals surface area contributed by atoms with Crippen LogP contribution in [0, 0.1) is 6.92 Å². The summed E-state index contributed by atoms with van der Waals surface area (Å²) in [6.45, 7) is 4.73. The fourth-order valence-corrected chi connectivity index (χ4v) is 3.76. The summed E-state index contributed by atoms with van der Waals surface area (Å²) >= 11 is 0. The van der Waals surface area contributed by atoms with E-state index in [-0.39, 0.29) is 5.91 Å². The van der Waals surface area contributed by atoms with Gasteiger partial charge < -0.3 is 4.74 Å². The molecule has 0 amide bonds. The number of aryl methyl sites for hydroxylation is 2. The first-order valence-corrected chi connectivity index (χ1v) is 10.1. The Hall–Kier alpha value is -3.33. The standard InChI is InChI=1S/C26H25NO2/c1-3-21-10-7-11-25-24(21)18-19(2)27(25)26(28)22-12-14-23(15-13-22)29-17-16-20-8-5-4-6-9-20/h4-15,18H,3,16-17H2,1-2H3. The molecule has 29 heavy (non-hydrogen) atoms. The molecule has 0 saturated carbocycles. The maximum absolute atomic E-state index is 13.2. The van der Waals surface area contributed by atoms with E-state index in [4.69, 9.17) is 4.74 Å². The van der Waals surface area contributed by atoms with Crippen molar-refractivity contribution in [2.45, 2.75) is 26.7 Å². The van der Waals surface area contributed by atoms with Gasteiger partial charge in [0, 0.05) is 23.1 Å². The van der Waals surface area contributed by atoms with Crippen LogP contribution in [0.5, 0.6) is 5.75 Å². The third-order valence-electron chi connectivity index (χ3n) is 5.31. The maximum Gasteiger partial charge on any atom is 0.262 e. The summed E-state index contributed by atoms with van der Waals surface area (Å²) in [5.41, 5.74) is 5.09. The van der Waals surface area contributed by atoms with Crippen molar-refractivity contribution in [3.63, 3.8) is 0 Å². The van der Waals surface area contributed by atoms with Crippen LogP contribution < -0.4 is 4.74 Å². The van der Waals surface area contributed by atoms with E-state index in [1.165, 1.54) is 11.1 Å². The SMILES string of the molecule is CCc1cccc2c1cc(C)n2C(=O)c1ccc(OCCc2ccccc2)cc1.